The number of benzene rings is 1. The van der Waals surface area contributed by atoms with Crippen molar-refractivity contribution in [1.82, 2.24) is 10.6 Å². The van der Waals surface area contributed by atoms with Crippen molar-refractivity contribution >= 4 is 11.8 Å². The predicted octanol–water partition coefficient (Wildman–Crippen LogP) is 1.04. The molecule has 0 aromatic heterocycles. The average Bonchev–Trinajstić information content (AvgIpc) is 2.42. The van der Waals surface area contributed by atoms with Crippen molar-refractivity contribution in [3.05, 3.63) is 35.4 Å². The Balaban J connectivity index is 2.35. The zero-order chi connectivity index (χ0) is 15.2. The largest absolute Gasteiger partial charge is 0.354 e. The highest BCUT2D eigenvalue weighted by molar-refractivity contribution is 5.94. The Morgan fingerprint density at radius 1 is 1.05 bits per heavy atom. The first kappa shape index (κ1) is 16.2. The summed E-state index contributed by atoms with van der Waals surface area (Å²) in [5.41, 5.74) is 6.65. The summed E-state index contributed by atoms with van der Waals surface area (Å²) in [6, 6.07) is 7.14. The SMILES string of the molecule is CC(C)(C)C(=O)NCCNC(=O)c1ccc(CN)cc1. The molecule has 0 fully saturated rings. The van der Waals surface area contributed by atoms with Gasteiger partial charge >= 0.3 is 0 Å². The number of rotatable bonds is 5. The second kappa shape index (κ2) is 7.05. The Morgan fingerprint density at radius 3 is 2.10 bits per heavy atom. The minimum Gasteiger partial charge on any atom is -0.354 e. The second-order valence-electron chi connectivity index (χ2n) is 5.66. The number of amides is 2. The van der Waals surface area contributed by atoms with Crippen LogP contribution in [-0.2, 0) is 11.3 Å². The first-order chi connectivity index (χ1) is 9.34. The maximum Gasteiger partial charge on any atom is 0.251 e. The van der Waals surface area contributed by atoms with Crippen molar-refractivity contribution < 1.29 is 9.59 Å². The topological polar surface area (TPSA) is 84.2 Å². The molecule has 0 aliphatic rings. The minimum absolute atomic E-state index is 0.0287. The van der Waals surface area contributed by atoms with Gasteiger partial charge in [-0.1, -0.05) is 32.9 Å². The van der Waals surface area contributed by atoms with Crippen LogP contribution in [-0.4, -0.2) is 24.9 Å². The molecule has 0 saturated heterocycles. The fourth-order valence-corrected chi connectivity index (χ4v) is 1.51. The molecule has 4 N–H and O–H groups in total. The highest BCUT2D eigenvalue weighted by Gasteiger charge is 2.20. The Bertz CT molecular complexity index is 461. The molecule has 0 saturated carbocycles. The van der Waals surface area contributed by atoms with Crippen LogP contribution in [0.4, 0.5) is 0 Å². The molecule has 0 atom stereocenters. The molecule has 110 valence electrons. The van der Waals surface area contributed by atoms with Gasteiger partial charge in [0.15, 0.2) is 0 Å². The van der Waals surface area contributed by atoms with Crippen LogP contribution in [0.15, 0.2) is 24.3 Å². The molecule has 0 unspecified atom stereocenters. The smallest absolute Gasteiger partial charge is 0.251 e. The number of nitrogens with two attached hydrogens (primary N) is 1. The van der Waals surface area contributed by atoms with Gasteiger partial charge in [-0.3, -0.25) is 9.59 Å². The molecule has 0 aliphatic carbocycles. The normalized spacial score (nSPS) is 11.0. The summed E-state index contributed by atoms with van der Waals surface area (Å²) in [5.74, 6) is -0.183. The summed E-state index contributed by atoms with van der Waals surface area (Å²) in [6.07, 6.45) is 0. The zero-order valence-electron chi connectivity index (χ0n) is 12.3. The van der Waals surface area contributed by atoms with Crippen LogP contribution < -0.4 is 16.4 Å². The van der Waals surface area contributed by atoms with Crippen molar-refractivity contribution in [1.29, 1.82) is 0 Å². The third-order valence-electron chi connectivity index (χ3n) is 2.83. The van der Waals surface area contributed by atoms with E-state index < -0.39 is 5.41 Å². The third kappa shape index (κ3) is 5.01. The van der Waals surface area contributed by atoms with Crippen LogP contribution in [0.3, 0.4) is 0 Å². The molecule has 0 radical (unpaired) electrons. The standard InChI is InChI=1S/C15H23N3O2/c1-15(2,3)14(20)18-9-8-17-13(19)12-6-4-11(10-16)5-7-12/h4-7H,8-10,16H2,1-3H3,(H,17,19)(H,18,20). The number of nitrogens with one attached hydrogen (secondary N) is 2. The van der Waals surface area contributed by atoms with E-state index in [1.165, 1.54) is 0 Å². The van der Waals surface area contributed by atoms with Crippen molar-refractivity contribution in [2.75, 3.05) is 13.1 Å². The highest BCUT2D eigenvalue weighted by Crippen LogP contribution is 2.11. The molecule has 20 heavy (non-hydrogen) atoms. The maximum absolute atomic E-state index is 11.8. The van der Waals surface area contributed by atoms with E-state index in [0.717, 1.165) is 5.56 Å². The quantitative estimate of drug-likeness (QED) is 0.703. The molecule has 5 heteroatoms. The highest BCUT2D eigenvalue weighted by atomic mass is 16.2. The lowest BCUT2D eigenvalue weighted by Gasteiger charge is -2.17. The van der Waals surface area contributed by atoms with E-state index in [2.05, 4.69) is 10.6 Å². The molecule has 1 aromatic rings. The van der Waals surface area contributed by atoms with Gasteiger partial charge in [0.05, 0.1) is 0 Å². The van der Waals surface area contributed by atoms with E-state index in [0.29, 0.717) is 25.2 Å². The van der Waals surface area contributed by atoms with Crippen LogP contribution in [0.5, 0.6) is 0 Å². The van der Waals surface area contributed by atoms with Crippen LogP contribution in [0.25, 0.3) is 0 Å². The van der Waals surface area contributed by atoms with Gasteiger partial charge in [0, 0.05) is 30.6 Å². The van der Waals surface area contributed by atoms with Crippen LogP contribution in [0, 0.1) is 5.41 Å². The fourth-order valence-electron chi connectivity index (χ4n) is 1.51. The first-order valence-electron chi connectivity index (χ1n) is 6.70. The predicted molar refractivity (Wildman–Crippen MR) is 79.1 cm³/mol. The average molecular weight is 277 g/mol. The monoisotopic (exact) mass is 277 g/mol. The van der Waals surface area contributed by atoms with Crippen LogP contribution in [0.2, 0.25) is 0 Å². The van der Waals surface area contributed by atoms with Gasteiger partial charge in [-0.15, -0.1) is 0 Å². The van der Waals surface area contributed by atoms with Crippen molar-refractivity contribution in [3.63, 3.8) is 0 Å². The molecular weight excluding hydrogens is 254 g/mol. The van der Waals surface area contributed by atoms with Gasteiger partial charge in [0.25, 0.3) is 5.91 Å². The molecule has 0 bridgehead atoms. The Morgan fingerprint density at radius 2 is 1.60 bits per heavy atom. The number of carbonyl (C=O) groups excluding carboxylic acids is 2. The van der Waals surface area contributed by atoms with Crippen molar-refractivity contribution in [2.24, 2.45) is 11.1 Å². The van der Waals surface area contributed by atoms with Gasteiger partial charge < -0.3 is 16.4 Å². The zero-order valence-corrected chi connectivity index (χ0v) is 12.3. The third-order valence-corrected chi connectivity index (χ3v) is 2.83. The summed E-state index contributed by atoms with van der Waals surface area (Å²) in [6.45, 7) is 6.82. The van der Waals surface area contributed by atoms with Gasteiger partial charge in [-0.2, -0.15) is 0 Å². The molecule has 2 amide bonds. The van der Waals surface area contributed by atoms with E-state index in [-0.39, 0.29) is 11.8 Å². The van der Waals surface area contributed by atoms with Crippen LogP contribution >= 0.6 is 0 Å². The van der Waals surface area contributed by atoms with E-state index >= 15 is 0 Å². The van der Waals surface area contributed by atoms with Crippen molar-refractivity contribution in [2.45, 2.75) is 27.3 Å². The summed E-state index contributed by atoms with van der Waals surface area (Å²) in [4.78, 5) is 23.4. The molecule has 0 heterocycles. The van der Waals surface area contributed by atoms with E-state index in [1.54, 1.807) is 12.1 Å². The molecular formula is C15H23N3O2. The summed E-state index contributed by atoms with van der Waals surface area (Å²) in [5, 5.41) is 5.54. The van der Waals surface area contributed by atoms with E-state index in [1.807, 2.05) is 32.9 Å². The molecule has 5 nitrogen and oxygen atoms in total. The number of hydrogen-bond acceptors (Lipinski definition) is 3. The molecule has 1 rings (SSSR count). The van der Waals surface area contributed by atoms with Gasteiger partial charge in [0.2, 0.25) is 5.91 Å². The Labute approximate surface area is 119 Å². The molecule has 0 spiro atoms. The van der Waals surface area contributed by atoms with Gasteiger partial charge in [-0.05, 0) is 17.7 Å². The fraction of sp³-hybridized carbons (Fsp3) is 0.467. The summed E-state index contributed by atoms with van der Waals surface area (Å²) >= 11 is 0. The lowest BCUT2D eigenvalue weighted by Crippen LogP contribution is -2.39. The van der Waals surface area contributed by atoms with Crippen LogP contribution in [0.1, 0.15) is 36.7 Å². The first-order valence-corrected chi connectivity index (χ1v) is 6.70. The summed E-state index contributed by atoms with van der Waals surface area (Å²) < 4.78 is 0. The number of hydrogen-bond donors (Lipinski definition) is 3. The second-order valence-corrected chi connectivity index (χ2v) is 5.66. The Kier molecular flexibility index (Phi) is 5.70. The number of carbonyl (C=O) groups is 2. The lowest BCUT2D eigenvalue weighted by atomic mass is 9.96. The molecule has 0 aliphatic heterocycles. The van der Waals surface area contributed by atoms with E-state index in [4.69, 9.17) is 5.73 Å². The summed E-state index contributed by atoms with van der Waals surface area (Å²) in [7, 11) is 0. The van der Waals surface area contributed by atoms with Gasteiger partial charge in [0.1, 0.15) is 0 Å². The van der Waals surface area contributed by atoms with Gasteiger partial charge in [-0.25, -0.2) is 0 Å². The van der Waals surface area contributed by atoms with E-state index in [9.17, 15) is 9.59 Å². The minimum atomic E-state index is -0.415. The van der Waals surface area contributed by atoms with Crippen molar-refractivity contribution in [3.8, 4) is 0 Å². The lowest BCUT2D eigenvalue weighted by molar-refractivity contribution is -0.128. The molecule has 1 aromatic carbocycles. The maximum atomic E-state index is 11.8. The Hall–Kier alpha value is -1.88.